The Morgan fingerprint density at radius 3 is 2.64 bits per heavy atom. The van der Waals surface area contributed by atoms with Gasteiger partial charge in [0.25, 0.3) is 0 Å². The smallest absolute Gasteiger partial charge is 0.206 e. The van der Waals surface area contributed by atoms with Gasteiger partial charge in [0.2, 0.25) is 9.84 Å². The third-order valence-corrected chi connectivity index (χ3v) is 3.74. The molecular weight excluding hydrogens is 226 g/mol. The van der Waals surface area contributed by atoms with Gasteiger partial charge in [-0.1, -0.05) is 17.7 Å². The van der Waals surface area contributed by atoms with Crippen LogP contribution in [0.25, 0.3) is 0 Å². The van der Waals surface area contributed by atoms with Crippen molar-refractivity contribution in [2.24, 2.45) is 5.73 Å². The summed E-state index contributed by atoms with van der Waals surface area (Å²) in [7, 11) is -3.77. The van der Waals surface area contributed by atoms with Gasteiger partial charge in [-0.3, -0.25) is 0 Å². The van der Waals surface area contributed by atoms with E-state index in [0.29, 0.717) is 5.02 Å². The molecule has 78 valence electrons. The van der Waals surface area contributed by atoms with E-state index in [9.17, 15) is 13.5 Å². The van der Waals surface area contributed by atoms with Crippen molar-refractivity contribution in [1.29, 1.82) is 0 Å². The molecule has 0 saturated heterocycles. The van der Waals surface area contributed by atoms with E-state index in [0.717, 1.165) is 0 Å². The van der Waals surface area contributed by atoms with E-state index in [-0.39, 0.29) is 11.4 Å². The molecule has 14 heavy (non-hydrogen) atoms. The van der Waals surface area contributed by atoms with Crippen molar-refractivity contribution in [3.05, 3.63) is 29.3 Å². The van der Waals surface area contributed by atoms with Crippen LogP contribution in [0.2, 0.25) is 5.02 Å². The number of nitrogens with two attached hydrogens (primary N) is 1. The van der Waals surface area contributed by atoms with Crippen LogP contribution in [0, 0.1) is 0 Å². The molecule has 3 N–H and O–H groups in total. The van der Waals surface area contributed by atoms with Gasteiger partial charge in [0.1, 0.15) is 0 Å². The van der Waals surface area contributed by atoms with Crippen LogP contribution in [0.15, 0.2) is 29.2 Å². The summed E-state index contributed by atoms with van der Waals surface area (Å²) in [4.78, 5) is -0.0250. The molecule has 1 aromatic carbocycles. The lowest BCUT2D eigenvalue weighted by atomic mass is 10.4. The van der Waals surface area contributed by atoms with E-state index in [1.165, 1.54) is 18.2 Å². The summed E-state index contributed by atoms with van der Waals surface area (Å²) in [5, 5.41) is 9.48. The van der Waals surface area contributed by atoms with Gasteiger partial charge in [0.15, 0.2) is 5.44 Å². The molecule has 0 aliphatic carbocycles. The summed E-state index contributed by atoms with van der Waals surface area (Å²) < 4.78 is 23.1. The van der Waals surface area contributed by atoms with E-state index in [4.69, 9.17) is 17.3 Å². The van der Waals surface area contributed by atoms with E-state index in [1.54, 1.807) is 6.07 Å². The molecule has 0 fully saturated rings. The largest absolute Gasteiger partial charge is 0.376 e. The molecule has 0 aliphatic heterocycles. The fraction of sp³-hybridized carbons (Fsp3) is 0.250. The number of rotatable bonds is 3. The molecule has 1 rings (SSSR count). The van der Waals surface area contributed by atoms with Crippen LogP contribution in [0.1, 0.15) is 0 Å². The Kier molecular flexibility index (Phi) is 3.49. The number of benzene rings is 1. The highest BCUT2D eigenvalue weighted by atomic mass is 35.5. The van der Waals surface area contributed by atoms with E-state index < -0.39 is 15.3 Å². The summed E-state index contributed by atoms with van der Waals surface area (Å²) in [6, 6.07) is 5.68. The number of hydrogen-bond donors (Lipinski definition) is 2. The molecule has 0 spiro atoms. The summed E-state index contributed by atoms with van der Waals surface area (Å²) in [6.07, 6.45) is 0. The van der Waals surface area contributed by atoms with Crippen LogP contribution in [0.3, 0.4) is 0 Å². The molecule has 4 nitrogen and oxygen atoms in total. The lowest BCUT2D eigenvalue weighted by molar-refractivity contribution is 0.256. The number of halogens is 1. The van der Waals surface area contributed by atoms with Gasteiger partial charge in [0, 0.05) is 11.6 Å². The highest BCUT2D eigenvalue weighted by Crippen LogP contribution is 2.18. The Hall–Kier alpha value is -0.620. The quantitative estimate of drug-likeness (QED) is 0.794. The number of sulfone groups is 1. The normalized spacial score (nSPS) is 13.9. The lowest BCUT2D eigenvalue weighted by Gasteiger charge is -2.09. The zero-order valence-corrected chi connectivity index (χ0v) is 8.79. The molecule has 1 atom stereocenters. The van der Waals surface area contributed by atoms with Crippen molar-refractivity contribution in [1.82, 2.24) is 0 Å². The van der Waals surface area contributed by atoms with E-state index in [2.05, 4.69) is 0 Å². The average Bonchev–Trinajstić information content (AvgIpc) is 2.16. The third-order valence-electron chi connectivity index (χ3n) is 1.68. The lowest BCUT2D eigenvalue weighted by Crippen LogP contribution is -2.29. The van der Waals surface area contributed by atoms with Crippen molar-refractivity contribution >= 4 is 21.4 Å². The minimum atomic E-state index is -3.77. The van der Waals surface area contributed by atoms with Crippen molar-refractivity contribution in [3.8, 4) is 0 Å². The van der Waals surface area contributed by atoms with Crippen LogP contribution in [-0.4, -0.2) is 25.5 Å². The second-order valence-corrected chi connectivity index (χ2v) is 5.23. The maximum atomic E-state index is 11.5. The standard InChI is InChI=1S/C8H10ClNO3S/c9-6-2-1-3-7(4-6)14(12,13)8(11)5-10/h1-4,8,11H,5,10H2. The molecule has 0 radical (unpaired) electrons. The molecule has 1 aromatic rings. The predicted molar refractivity (Wildman–Crippen MR) is 53.7 cm³/mol. The van der Waals surface area contributed by atoms with Crippen molar-refractivity contribution in [2.75, 3.05) is 6.54 Å². The second kappa shape index (κ2) is 4.27. The molecular formula is C8H10ClNO3S. The van der Waals surface area contributed by atoms with Crippen LogP contribution < -0.4 is 5.73 Å². The fourth-order valence-corrected chi connectivity index (χ4v) is 2.31. The molecule has 0 heterocycles. The van der Waals surface area contributed by atoms with Crippen molar-refractivity contribution in [2.45, 2.75) is 10.3 Å². The topological polar surface area (TPSA) is 80.4 Å². The van der Waals surface area contributed by atoms with Crippen LogP contribution in [0.5, 0.6) is 0 Å². The first-order valence-electron chi connectivity index (χ1n) is 3.86. The minimum absolute atomic E-state index is 0.0250. The zero-order chi connectivity index (χ0) is 10.8. The highest BCUT2D eigenvalue weighted by molar-refractivity contribution is 7.91. The van der Waals surface area contributed by atoms with Gasteiger partial charge >= 0.3 is 0 Å². The van der Waals surface area contributed by atoms with Gasteiger partial charge in [-0.15, -0.1) is 0 Å². The summed E-state index contributed by atoms with van der Waals surface area (Å²) in [5.74, 6) is 0. The molecule has 0 saturated carbocycles. The Balaban J connectivity index is 3.17. The van der Waals surface area contributed by atoms with Crippen molar-refractivity contribution < 1.29 is 13.5 Å². The van der Waals surface area contributed by atoms with Crippen LogP contribution in [-0.2, 0) is 9.84 Å². The average molecular weight is 236 g/mol. The van der Waals surface area contributed by atoms with E-state index >= 15 is 0 Å². The zero-order valence-electron chi connectivity index (χ0n) is 7.22. The SMILES string of the molecule is NCC(O)S(=O)(=O)c1cccc(Cl)c1. The first kappa shape index (κ1) is 11.5. The first-order valence-corrected chi connectivity index (χ1v) is 5.78. The minimum Gasteiger partial charge on any atom is -0.376 e. The van der Waals surface area contributed by atoms with Gasteiger partial charge < -0.3 is 10.8 Å². The Morgan fingerprint density at radius 2 is 2.14 bits per heavy atom. The molecule has 1 unspecified atom stereocenters. The van der Waals surface area contributed by atoms with E-state index in [1.807, 2.05) is 0 Å². The third kappa shape index (κ3) is 2.24. The number of aliphatic hydroxyl groups is 1. The summed E-state index contributed by atoms with van der Waals surface area (Å²) in [5.41, 5.74) is 3.49. The molecule has 0 bridgehead atoms. The molecule has 0 amide bonds. The summed E-state index contributed by atoms with van der Waals surface area (Å²) in [6.45, 7) is -0.338. The van der Waals surface area contributed by atoms with Crippen molar-refractivity contribution in [3.63, 3.8) is 0 Å². The maximum Gasteiger partial charge on any atom is 0.206 e. The molecule has 6 heteroatoms. The Bertz CT molecular complexity index is 418. The fourth-order valence-electron chi connectivity index (χ4n) is 0.928. The molecule has 0 aliphatic rings. The first-order chi connectivity index (χ1) is 6.48. The Morgan fingerprint density at radius 1 is 1.50 bits per heavy atom. The summed E-state index contributed by atoms with van der Waals surface area (Å²) >= 11 is 5.62. The monoisotopic (exact) mass is 235 g/mol. The van der Waals surface area contributed by atoms with Crippen LogP contribution >= 0.6 is 11.6 Å². The highest BCUT2D eigenvalue weighted by Gasteiger charge is 2.23. The van der Waals surface area contributed by atoms with Gasteiger partial charge in [-0.05, 0) is 18.2 Å². The maximum absolute atomic E-state index is 11.5. The van der Waals surface area contributed by atoms with Gasteiger partial charge in [-0.2, -0.15) is 0 Å². The second-order valence-electron chi connectivity index (χ2n) is 2.69. The van der Waals surface area contributed by atoms with Gasteiger partial charge in [0.05, 0.1) is 4.90 Å². The number of hydrogen-bond acceptors (Lipinski definition) is 4. The predicted octanol–water partition coefficient (Wildman–Crippen LogP) is 0.391. The van der Waals surface area contributed by atoms with Crippen LogP contribution in [0.4, 0.5) is 0 Å². The number of aliphatic hydroxyl groups excluding tert-OH is 1. The Labute approximate surface area is 87.2 Å². The van der Waals surface area contributed by atoms with Gasteiger partial charge in [-0.25, -0.2) is 8.42 Å². The molecule has 0 aromatic heterocycles.